The van der Waals surface area contributed by atoms with Crippen LogP contribution in [0.3, 0.4) is 0 Å². The van der Waals surface area contributed by atoms with Crippen LogP contribution in [0.25, 0.3) is 0 Å². The van der Waals surface area contributed by atoms with Gasteiger partial charge in [-0.3, -0.25) is 0 Å². The van der Waals surface area contributed by atoms with Gasteiger partial charge in [0.15, 0.2) is 0 Å². The average molecular weight is 332 g/mol. The molecule has 2 rings (SSSR count). The maximum atomic E-state index is 5.95. The van der Waals surface area contributed by atoms with E-state index in [2.05, 4.69) is 32.9 Å². The van der Waals surface area contributed by atoms with Crippen LogP contribution in [-0.2, 0) is 6.61 Å². The third kappa shape index (κ3) is 5.89. The zero-order chi connectivity index (χ0) is 16.9. The number of rotatable bonds is 6. The summed E-state index contributed by atoms with van der Waals surface area (Å²) in [5.74, 6) is 1.26. The zero-order valence-electron chi connectivity index (χ0n) is 14.2. The minimum Gasteiger partial charge on any atom is -0.489 e. The Morgan fingerprint density at radius 1 is 1.00 bits per heavy atom. The molecule has 2 aromatic carbocycles. The Bertz CT molecular complexity index is 599. The molecule has 1 unspecified atom stereocenters. The average Bonchev–Trinajstić information content (AvgIpc) is 2.52. The van der Waals surface area contributed by atoms with Crippen molar-refractivity contribution in [1.82, 2.24) is 0 Å². The van der Waals surface area contributed by atoms with Gasteiger partial charge in [0.1, 0.15) is 12.4 Å². The fraction of sp³-hybridized carbons (Fsp3) is 0.400. The van der Waals surface area contributed by atoms with Gasteiger partial charge in [0.2, 0.25) is 0 Å². The summed E-state index contributed by atoms with van der Waals surface area (Å²) < 4.78 is 5.83. The summed E-state index contributed by atoms with van der Waals surface area (Å²) in [6.07, 6.45) is 1.08. The number of benzene rings is 2. The van der Waals surface area contributed by atoms with Crippen LogP contribution in [0.2, 0.25) is 5.02 Å². The van der Waals surface area contributed by atoms with Crippen molar-refractivity contribution in [3.05, 3.63) is 64.7 Å². The lowest BCUT2D eigenvalue weighted by Crippen LogP contribution is -2.19. The van der Waals surface area contributed by atoms with Crippen molar-refractivity contribution in [2.75, 3.05) is 6.54 Å². The Labute approximate surface area is 144 Å². The summed E-state index contributed by atoms with van der Waals surface area (Å²) in [6, 6.07) is 16.0. The van der Waals surface area contributed by atoms with Crippen LogP contribution in [0.4, 0.5) is 0 Å². The minimum atomic E-state index is 0.272. The number of hydrogen-bond donors (Lipinski definition) is 1. The topological polar surface area (TPSA) is 35.2 Å². The van der Waals surface area contributed by atoms with Gasteiger partial charge in [-0.1, -0.05) is 56.6 Å². The Kier molecular flexibility index (Phi) is 6.09. The van der Waals surface area contributed by atoms with Crippen molar-refractivity contribution in [2.24, 2.45) is 11.1 Å². The van der Waals surface area contributed by atoms with Crippen molar-refractivity contribution in [1.29, 1.82) is 0 Å². The van der Waals surface area contributed by atoms with Crippen molar-refractivity contribution in [3.63, 3.8) is 0 Å². The highest BCUT2D eigenvalue weighted by Gasteiger charge is 2.19. The van der Waals surface area contributed by atoms with Gasteiger partial charge in [-0.05, 0) is 59.7 Å². The standard InChI is InChI=1S/C20H26ClNO/c1-20(2,3)12-17(13-22)16-6-10-19(11-7-16)23-14-15-4-8-18(21)9-5-15/h4-11,17H,12-14,22H2,1-3H3. The van der Waals surface area contributed by atoms with E-state index in [1.807, 2.05) is 36.4 Å². The zero-order valence-corrected chi connectivity index (χ0v) is 14.9. The van der Waals surface area contributed by atoms with Crippen molar-refractivity contribution in [2.45, 2.75) is 39.7 Å². The largest absolute Gasteiger partial charge is 0.489 e. The number of ether oxygens (including phenoxy) is 1. The second kappa shape index (κ2) is 7.85. The summed E-state index contributed by atoms with van der Waals surface area (Å²) in [5, 5.41) is 0.741. The molecule has 0 fully saturated rings. The fourth-order valence-corrected chi connectivity index (χ4v) is 2.79. The van der Waals surface area contributed by atoms with E-state index in [0.29, 0.717) is 19.1 Å². The predicted octanol–water partition coefficient (Wildman–Crippen LogP) is 5.40. The molecule has 0 aromatic heterocycles. The van der Waals surface area contributed by atoms with Crippen LogP contribution in [0.5, 0.6) is 5.75 Å². The summed E-state index contributed by atoms with van der Waals surface area (Å²) in [5.41, 5.74) is 8.61. The van der Waals surface area contributed by atoms with Crippen molar-refractivity contribution >= 4 is 11.6 Å². The number of hydrogen-bond acceptors (Lipinski definition) is 2. The first-order valence-electron chi connectivity index (χ1n) is 8.05. The van der Waals surface area contributed by atoms with E-state index in [1.54, 1.807) is 0 Å². The first-order valence-corrected chi connectivity index (χ1v) is 8.42. The summed E-state index contributed by atoms with van der Waals surface area (Å²) >= 11 is 5.88. The van der Waals surface area contributed by atoms with E-state index in [1.165, 1.54) is 5.56 Å². The Balaban J connectivity index is 1.97. The third-order valence-corrected chi connectivity index (χ3v) is 4.07. The molecule has 0 amide bonds. The summed E-state index contributed by atoms with van der Waals surface area (Å²) in [4.78, 5) is 0. The quantitative estimate of drug-likeness (QED) is 0.769. The van der Waals surface area contributed by atoms with E-state index in [4.69, 9.17) is 22.1 Å². The minimum absolute atomic E-state index is 0.272. The Morgan fingerprint density at radius 2 is 1.61 bits per heavy atom. The second-order valence-electron chi connectivity index (χ2n) is 7.18. The van der Waals surface area contributed by atoms with E-state index in [0.717, 1.165) is 22.8 Å². The Morgan fingerprint density at radius 3 is 2.13 bits per heavy atom. The highest BCUT2D eigenvalue weighted by atomic mass is 35.5. The van der Waals surface area contributed by atoms with E-state index >= 15 is 0 Å². The van der Waals surface area contributed by atoms with Crippen molar-refractivity contribution in [3.8, 4) is 5.75 Å². The maximum absolute atomic E-state index is 5.95. The van der Waals surface area contributed by atoms with Gasteiger partial charge >= 0.3 is 0 Å². The molecule has 1 atom stereocenters. The van der Waals surface area contributed by atoms with E-state index < -0.39 is 0 Å². The molecule has 0 aliphatic heterocycles. The van der Waals surface area contributed by atoms with Gasteiger partial charge in [0, 0.05) is 5.02 Å². The molecule has 2 N–H and O–H groups in total. The molecule has 23 heavy (non-hydrogen) atoms. The lowest BCUT2D eigenvalue weighted by molar-refractivity contribution is 0.306. The van der Waals surface area contributed by atoms with Gasteiger partial charge in [-0.15, -0.1) is 0 Å². The monoisotopic (exact) mass is 331 g/mol. The highest BCUT2D eigenvalue weighted by molar-refractivity contribution is 6.30. The SMILES string of the molecule is CC(C)(C)CC(CN)c1ccc(OCc2ccc(Cl)cc2)cc1. The number of nitrogens with two attached hydrogens (primary N) is 1. The molecule has 2 nitrogen and oxygen atoms in total. The molecular formula is C20H26ClNO. The molecule has 124 valence electrons. The first kappa shape index (κ1) is 17.8. The third-order valence-electron chi connectivity index (χ3n) is 3.81. The smallest absolute Gasteiger partial charge is 0.119 e. The molecule has 0 aliphatic carbocycles. The first-order chi connectivity index (χ1) is 10.9. The Hall–Kier alpha value is -1.51. The molecule has 2 aromatic rings. The molecule has 0 aliphatic rings. The predicted molar refractivity (Wildman–Crippen MR) is 98.1 cm³/mol. The maximum Gasteiger partial charge on any atom is 0.119 e. The summed E-state index contributed by atoms with van der Waals surface area (Å²) in [6.45, 7) is 7.96. The lowest BCUT2D eigenvalue weighted by Gasteiger charge is -2.25. The van der Waals surface area contributed by atoms with E-state index in [-0.39, 0.29) is 5.41 Å². The lowest BCUT2D eigenvalue weighted by atomic mass is 9.81. The van der Waals surface area contributed by atoms with Gasteiger partial charge < -0.3 is 10.5 Å². The molecule has 0 saturated heterocycles. The molecule has 0 heterocycles. The molecule has 3 heteroatoms. The molecule has 0 spiro atoms. The molecular weight excluding hydrogens is 306 g/mol. The molecule has 0 radical (unpaired) electrons. The van der Waals surface area contributed by atoms with Crippen LogP contribution >= 0.6 is 11.6 Å². The molecule has 0 bridgehead atoms. The normalized spacial score (nSPS) is 12.9. The van der Waals surface area contributed by atoms with Crippen molar-refractivity contribution < 1.29 is 4.74 Å². The van der Waals surface area contributed by atoms with Crippen LogP contribution in [0, 0.1) is 5.41 Å². The van der Waals surface area contributed by atoms with Crippen LogP contribution < -0.4 is 10.5 Å². The second-order valence-corrected chi connectivity index (χ2v) is 7.62. The van der Waals surface area contributed by atoms with Gasteiger partial charge in [0.05, 0.1) is 0 Å². The van der Waals surface area contributed by atoms with Gasteiger partial charge in [-0.25, -0.2) is 0 Å². The molecule has 0 saturated carbocycles. The van der Waals surface area contributed by atoms with Crippen LogP contribution in [0.15, 0.2) is 48.5 Å². The van der Waals surface area contributed by atoms with Crippen LogP contribution in [0.1, 0.15) is 44.2 Å². The van der Waals surface area contributed by atoms with Gasteiger partial charge in [-0.2, -0.15) is 0 Å². The number of halogens is 1. The summed E-state index contributed by atoms with van der Waals surface area (Å²) in [7, 11) is 0. The highest BCUT2D eigenvalue weighted by Crippen LogP contribution is 2.31. The van der Waals surface area contributed by atoms with Gasteiger partial charge in [0.25, 0.3) is 0 Å². The fourth-order valence-electron chi connectivity index (χ4n) is 2.66. The van der Waals surface area contributed by atoms with Crippen LogP contribution in [-0.4, -0.2) is 6.54 Å². The van der Waals surface area contributed by atoms with E-state index in [9.17, 15) is 0 Å².